The molecule has 0 amide bonds. The van der Waals surface area contributed by atoms with E-state index in [2.05, 4.69) is 4.74 Å². The highest BCUT2D eigenvalue weighted by Crippen LogP contribution is 2.33. The van der Waals surface area contributed by atoms with Crippen LogP contribution in [0.2, 0.25) is 0 Å². The van der Waals surface area contributed by atoms with E-state index in [0.29, 0.717) is 0 Å². The fourth-order valence-corrected chi connectivity index (χ4v) is 1.20. The third kappa shape index (κ3) is 2.58. The lowest BCUT2D eigenvalue weighted by molar-refractivity contribution is -0.211. The van der Waals surface area contributed by atoms with Gasteiger partial charge in [-0.3, -0.25) is 0 Å². The molecule has 0 aromatic carbocycles. The zero-order chi connectivity index (χ0) is 10.1. The Morgan fingerprint density at radius 3 is 2.31 bits per heavy atom. The maximum atomic E-state index is 12.0. The number of halogens is 3. The summed E-state index contributed by atoms with van der Waals surface area (Å²) in [5.74, 6) is -2.70. The second-order valence-corrected chi connectivity index (χ2v) is 2.98. The van der Waals surface area contributed by atoms with Crippen LogP contribution >= 0.6 is 0 Å². The van der Waals surface area contributed by atoms with Crippen molar-refractivity contribution in [3.63, 3.8) is 0 Å². The monoisotopic (exact) mass is 198 g/mol. The van der Waals surface area contributed by atoms with Gasteiger partial charge in [0.25, 0.3) is 0 Å². The van der Waals surface area contributed by atoms with Crippen LogP contribution in [0, 0.1) is 5.92 Å². The van der Waals surface area contributed by atoms with Crippen molar-refractivity contribution in [2.75, 3.05) is 6.61 Å². The normalized spacial score (nSPS) is 30.1. The van der Waals surface area contributed by atoms with Crippen molar-refractivity contribution in [3.05, 3.63) is 0 Å². The second-order valence-electron chi connectivity index (χ2n) is 2.98. The van der Waals surface area contributed by atoms with Gasteiger partial charge in [-0.05, 0) is 12.8 Å². The molecule has 0 radical (unpaired) electrons. The van der Waals surface area contributed by atoms with Crippen molar-refractivity contribution in [3.8, 4) is 0 Å². The molecule has 0 aromatic rings. The van der Waals surface area contributed by atoms with E-state index in [-0.39, 0.29) is 12.8 Å². The van der Waals surface area contributed by atoms with Crippen LogP contribution in [0.4, 0.5) is 13.2 Å². The maximum absolute atomic E-state index is 12.0. The van der Waals surface area contributed by atoms with Crippen molar-refractivity contribution < 1.29 is 27.8 Å². The molecule has 1 aliphatic heterocycles. The predicted octanol–water partition coefficient (Wildman–Crippen LogP) is 1.43. The average Bonchev–Trinajstić information content (AvgIpc) is 2.03. The Bertz CT molecular complexity index is 194. The van der Waals surface area contributed by atoms with Gasteiger partial charge in [0.15, 0.2) is 6.10 Å². The van der Waals surface area contributed by atoms with Crippen LogP contribution in [-0.2, 0) is 9.53 Å². The first kappa shape index (κ1) is 10.3. The molecule has 2 atom stereocenters. The second kappa shape index (κ2) is 3.53. The standard InChI is InChI=1S/C7H9F3O3/c8-7(9,10)4-1-2-5(6(11)12)13-3-4/h4-5H,1-3H2,(H,11,12)/t4-,5-/m1/s1. The minimum atomic E-state index is -4.27. The summed E-state index contributed by atoms with van der Waals surface area (Å²) < 4.78 is 40.7. The van der Waals surface area contributed by atoms with Gasteiger partial charge in [0, 0.05) is 0 Å². The molecule has 0 unspecified atom stereocenters. The van der Waals surface area contributed by atoms with Crippen molar-refractivity contribution >= 4 is 5.97 Å². The van der Waals surface area contributed by atoms with E-state index in [1.165, 1.54) is 0 Å². The summed E-state index contributed by atoms with van der Waals surface area (Å²) >= 11 is 0. The van der Waals surface area contributed by atoms with Gasteiger partial charge in [-0.2, -0.15) is 13.2 Å². The first-order chi connectivity index (χ1) is 5.91. The minimum absolute atomic E-state index is 0.0699. The number of hydrogen-bond acceptors (Lipinski definition) is 2. The van der Waals surface area contributed by atoms with Crippen molar-refractivity contribution in [1.29, 1.82) is 0 Å². The molecule has 1 fully saturated rings. The van der Waals surface area contributed by atoms with E-state index >= 15 is 0 Å². The Morgan fingerprint density at radius 2 is 2.00 bits per heavy atom. The molecule has 0 bridgehead atoms. The molecule has 0 aliphatic carbocycles. The summed E-state index contributed by atoms with van der Waals surface area (Å²) in [5, 5.41) is 8.42. The molecule has 3 nitrogen and oxygen atoms in total. The lowest BCUT2D eigenvalue weighted by atomic mass is 9.98. The smallest absolute Gasteiger partial charge is 0.394 e. The van der Waals surface area contributed by atoms with E-state index < -0.39 is 30.8 Å². The molecule has 1 heterocycles. The fourth-order valence-electron chi connectivity index (χ4n) is 1.20. The molecular formula is C7H9F3O3. The van der Waals surface area contributed by atoms with E-state index in [1.807, 2.05) is 0 Å². The van der Waals surface area contributed by atoms with E-state index in [4.69, 9.17) is 5.11 Å². The quantitative estimate of drug-likeness (QED) is 0.693. The molecule has 0 aromatic heterocycles. The number of carboxylic acids is 1. The first-order valence-electron chi connectivity index (χ1n) is 3.82. The minimum Gasteiger partial charge on any atom is -0.479 e. The summed E-state index contributed by atoms with van der Waals surface area (Å²) in [6.07, 6.45) is -5.58. The van der Waals surface area contributed by atoms with E-state index in [9.17, 15) is 18.0 Å². The molecule has 6 heteroatoms. The highest BCUT2D eigenvalue weighted by Gasteiger charge is 2.43. The average molecular weight is 198 g/mol. The summed E-state index contributed by atoms with van der Waals surface area (Å²) in [6.45, 7) is -0.541. The predicted molar refractivity (Wildman–Crippen MR) is 36.2 cm³/mol. The molecule has 1 N–H and O–H groups in total. The van der Waals surface area contributed by atoms with E-state index in [0.717, 1.165) is 0 Å². The highest BCUT2D eigenvalue weighted by atomic mass is 19.4. The van der Waals surface area contributed by atoms with Crippen LogP contribution in [0.25, 0.3) is 0 Å². The summed E-state index contributed by atoms with van der Waals surface area (Å²) in [4.78, 5) is 10.3. The number of carbonyl (C=O) groups is 1. The number of carboxylic acid groups (broad SMARTS) is 1. The zero-order valence-corrected chi connectivity index (χ0v) is 6.67. The summed E-state index contributed by atoms with van der Waals surface area (Å²) in [5.41, 5.74) is 0. The summed E-state index contributed by atoms with van der Waals surface area (Å²) in [6, 6.07) is 0. The largest absolute Gasteiger partial charge is 0.479 e. The Hall–Kier alpha value is -0.780. The van der Waals surface area contributed by atoms with Crippen molar-refractivity contribution in [2.24, 2.45) is 5.92 Å². The molecule has 1 aliphatic rings. The summed E-state index contributed by atoms with van der Waals surface area (Å²) in [7, 11) is 0. The van der Waals surface area contributed by atoms with Crippen LogP contribution in [0.15, 0.2) is 0 Å². The highest BCUT2D eigenvalue weighted by molar-refractivity contribution is 5.72. The molecule has 13 heavy (non-hydrogen) atoms. The first-order valence-corrected chi connectivity index (χ1v) is 3.82. The van der Waals surface area contributed by atoms with Gasteiger partial charge in [-0.15, -0.1) is 0 Å². The number of ether oxygens (including phenoxy) is 1. The molecular weight excluding hydrogens is 189 g/mol. The van der Waals surface area contributed by atoms with Crippen molar-refractivity contribution in [1.82, 2.24) is 0 Å². The lowest BCUT2D eigenvalue weighted by Crippen LogP contribution is -2.38. The molecule has 0 spiro atoms. The number of hydrogen-bond donors (Lipinski definition) is 1. The van der Waals surface area contributed by atoms with Crippen molar-refractivity contribution in [2.45, 2.75) is 25.1 Å². The lowest BCUT2D eigenvalue weighted by Gasteiger charge is -2.27. The molecule has 1 saturated heterocycles. The van der Waals surface area contributed by atoms with Crippen LogP contribution in [0.5, 0.6) is 0 Å². The Labute approximate surface area is 72.5 Å². The third-order valence-corrected chi connectivity index (χ3v) is 2.01. The van der Waals surface area contributed by atoms with Crippen LogP contribution < -0.4 is 0 Å². The zero-order valence-electron chi connectivity index (χ0n) is 6.67. The Balaban J connectivity index is 2.44. The van der Waals surface area contributed by atoms with E-state index in [1.54, 1.807) is 0 Å². The maximum Gasteiger partial charge on any atom is 0.394 e. The number of alkyl halides is 3. The van der Waals surface area contributed by atoms with Gasteiger partial charge < -0.3 is 9.84 Å². The van der Waals surface area contributed by atoms with Gasteiger partial charge in [-0.1, -0.05) is 0 Å². The van der Waals surface area contributed by atoms with Crippen LogP contribution in [0.1, 0.15) is 12.8 Å². The molecule has 0 saturated carbocycles. The van der Waals surface area contributed by atoms with Gasteiger partial charge in [0.05, 0.1) is 12.5 Å². The number of aliphatic carboxylic acids is 1. The topological polar surface area (TPSA) is 46.5 Å². The van der Waals surface area contributed by atoms with Gasteiger partial charge in [0.2, 0.25) is 0 Å². The molecule has 1 rings (SSSR count). The van der Waals surface area contributed by atoms with Gasteiger partial charge in [-0.25, -0.2) is 4.79 Å². The SMILES string of the molecule is O=C(O)[C@H]1CC[C@@H](C(F)(F)F)CO1. The van der Waals surface area contributed by atoms with Crippen LogP contribution in [0.3, 0.4) is 0 Å². The van der Waals surface area contributed by atoms with Crippen LogP contribution in [-0.4, -0.2) is 30.0 Å². The Morgan fingerprint density at radius 1 is 1.38 bits per heavy atom. The Kier molecular flexibility index (Phi) is 2.80. The number of rotatable bonds is 1. The van der Waals surface area contributed by atoms with Gasteiger partial charge in [0.1, 0.15) is 0 Å². The molecule has 76 valence electrons. The fraction of sp³-hybridized carbons (Fsp3) is 0.857. The third-order valence-electron chi connectivity index (χ3n) is 2.01. The van der Waals surface area contributed by atoms with Gasteiger partial charge >= 0.3 is 12.1 Å².